The van der Waals surface area contributed by atoms with E-state index >= 15 is 0 Å². The number of nitrogen functional groups attached to an aromatic ring is 1. The van der Waals surface area contributed by atoms with Gasteiger partial charge in [-0.3, -0.25) is 0 Å². The first-order valence-corrected chi connectivity index (χ1v) is 6.81. The number of benzene rings is 1. The number of anilines is 1. The summed E-state index contributed by atoms with van der Waals surface area (Å²) in [5.74, 6) is 1.51. The van der Waals surface area contributed by atoms with Crippen molar-refractivity contribution in [1.29, 1.82) is 0 Å². The maximum absolute atomic E-state index is 5.89. The van der Waals surface area contributed by atoms with E-state index in [1.165, 1.54) is 11.8 Å². The molecule has 94 valence electrons. The van der Waals surface area contributed by atoms with Crippen LogP contribution in [-0.2, 0) is 0 Å². The maximum atomic E-state index is 5.89. The van der Waals surface area contributed by atoms with E-state index in [1.807, 2.05) is 19.2 Å². The minimum absolute atomic E-state index is 0.385. The van der Waals surface area contributed by atoms with E-state index in [2.05, 4.69) is 9.97 Å². The van der Waals surface area contributed by atoms with Crippen LogP contribution in [0.15, 0.2) is 29.4 Å². The first-order valence-electron chi connectivity index (χ1n) is 5.21. The molecule has 2 N–H and O–H groups in total. The van der Waals surface area contributed by atoms with Gasteiger partial charge >= 0.3 is 0 Å². The molecule has 1 heterocycles. The van der Waals surface area contributed by atoms with E-state index in [-0.39, 0.29) is 0 Å². The Morgan fingerprint density at radius 3 is 2.72 bits per heavy atom. The number of rotatable bonds is 3. The molecule has 0 aliphatic heterocycles. The Hall–Kier alpha value is -1.46. The summed E-state index contributed by atoms with van der Waals surface area (Å²) in [7, 11) is 0. The molecule has 0 saturated heterocycles. The lowest BCUT2D eigenvalue weighted by molar-refractivity contribution is 0.453. The van der Waals surface area contributed by atoms with Crippen molar-refractivity contribution in [2.45, 2.75) is 12.1 Å². The summed E-state index contributed by atoms with van der Waals surface area (Å²) < 4.78 is 5.68. The molecule has 2 aromatic rings. The van der Waals surface area contributed by atoms with Gasteiger partial charge in [0.05, 0.1) is 0 Å². The molecule has 0 aliphatic carbocycles. The van der Waals surface area contributed by atoms with Crippen LogP contribution in [0, 0.1) is 6.92 Å². The van der Waals surface area contributed by atoms with E-state index in [9.17, 15) is 0 Å². The predicted octanol–water partition coefficient (Wildman–Crippen LogP) is 3.53. The van der Waals surface area contributed by atoms with Crippen molar-refractivity contribution in [3.63, 3.8) is 0 Å². The first kappa shape index (κ1) is 13.0. The van der Waals surface area contributed by atoms with Gasteiger partial charge in [0, 0.05) is 11.1 Å². The summed E-state index contributed by atoms with van der Waals surface area (Å²) in [5, 5.41) is 1.25. The molecule has 0 radical (unpaired) electrons. The van der Waals surface area contributed by atoms with Crippen LogP contribution in [0.5, 0.6) is 11.6 Å². The zero-order valence-electron chi connectivity index (χ0n) is 9.98. The number of thioether (sulfide) groups is 1. The van der Waals surface area contributed by atoms with Gasteiger partial charge in [0.2, 0.25) is 5.88 Å². The third kappa shape index (κ3) is 3.05. The number of aromatic nitrogens is 2. The van der Waals surface area contributed by atoms with Crippen molar-refractivity contribution in [2.24, 2.45) is 0 Å². The van der Waals surface area contributed by atoms with E-state index in [0.29, 0.717) is 27.6 Å². The van der Waals surface area contributed by atoms with E-state index in [0.717, 1.165) is 5.56 Å². The fourth-order valence-corrected chi connectivity index (χ4v) is 2.01. The quantitative estimate of drug-likeness (QED) is 0.689. The van der Waals surface area contributed by atoms with Gasteiger partial charge < -0.3 is 10.5 Å². The summed E-state index contributed by atoms with van der Waals surface area (Å²) in [5.41, 5.74) is 6.62. The Balaban J connectivity index is 2.30. The fourth-order valence-electron chi connectivity index (χ4n) is 1.40. The third-order valence-electron chi connectivity index (χ3n) is 2.24. The molecule has 0 spiro atoms. The Kier molecular flexibility index (Phi) is 3.93. The number of nitrogens with zero attached hydrogens (tertiary/aromatic N) is 2. The normalized spacial score (nSPS) is 10.4. The number of halogens is 1. The van der Waals surface area contributed by atoms with Gasteiger partial charge in [-0.25, -0.2) is 4.98 Å². The average molecular weight is 282 g/mol. The topological polar surface area (TPSA) is 61.0 Å². The predicted molar refractivity (Wildman–Crippen MR) is 74.5 cm³/mol. The molecular weight excluding hydrogens is 270 g/mol. The van der Waals surface area contributed by atoms with Crippen LogP contribution in [0.25, 0.3) is 0 Å². The molecule has 0 bridgehead atoms. The molecule has 6 heteroatoms. The summed E-state index contributed by atoms with van der Waals surface area (Å²) in [6.45, 7) is 1.92. The highest BCUT2D eigenvalue weighted by atomic mass is 35.5. The van der Waals surface area contributed by atoms with Gasteiger partial charge in [-0.1, -0.05) is 23.4 Å². The summed E-state index contributed by atoms with van der Waals surface area (Å²) in [4.78, 5) is 8.29. The van der Waals surface area contributed by atoms with E-state index < -0.39 is 0 Å². The van der Waals surface area contributed by atoms with Gasteiger partial charge in [0.15, 0.2) is 5.16 Å². The van der Waals surface area contributed by atoms with Crippen molar-refractivity contribution >= 4 is 29.2 Å². The number of aryl methyl sites for hydroxylation is 1. The van der Waals surface area contributed by atoms with Crippen LogP contribution in [0.4, 0.5) is 5.82 Å². The number of ether oxygens (including phenoxy) is 1. The van der Waals surface area contributed by atoms with Gasteiger partial charge in [-0.15, -0.1) is 0 Å². The molecule has 0 fully saturated rings. The van der Waals surface area contributed by atoms with Crippen LogP contribution in [0.3, 0.4) is 0 Å². The molecule has 1 aromatic carbocycles. The van der Waals surface area contributed by atoms with Gasteiger partial charge in [-0.05, 0) is 36.9 Å². The lowest BCUT2D eigenvalue weighted by atomic mass is 10.2. The van der Waals surface area contributed by atoms with E-state index in [1.54, 1.807) is 18.2 Å². The van der Waals surface area contributed by atoms with Crippen molar-refractivity contribution in [1.82, 2.24) is 9.97 Å². The molecule has 4 nitrogen and oxygen atoms in total. The molecular formula is C12H12ClN3OS. The lowest BCUT2D eigenvalue weighted by Gasteiger charge is -2.09. The molecule has 0 amide bonds. The number of hydrogen-bond donors (Lipinski definition) is 1. The largest absolute Gasteiger partial charge is 0.439 e. The highest BCUT2D eigenvalue weighted by Gasteiger charge is 2.06. The van der Waals surface area contributed by atoms with Crippen molar-refractivity contribution in [3.05, 3.63) is 34.9 Å². The molecule has 0 saturated carbocycles. The minimum atomic E-state index is 0.385. The Labute approximate surface area is 115 Å². The van der Waals surface area contributed by atoms with Crippen LogP contribution in [0.2, 0.25) is 5.02 Å². The van der Waals surface area contributed by atoms with Gasteiger partial charge in [0.25, 0.3) is 0 Å². The average Bonchev–Trinajstić information content (AvgIpc) is 2.32. The second-order valence-corrected chi connectivity index (χ2v) is 4.84. The van der Waals surface area contributed by atoms with E-state index in [4.69, 9.17) is 22.1 Å². The second-order valence-electron chi connectivity index (χ2n) is 3.63. The van der Waals surface area contributed by atoms with Crippen LogP contribution in [-0.4, -0.2) is 16.2 Å². The molecule has 1 aromatic heterocycles. The third-order valence-corrected chi connectivity index (χ3v) is 3.02. The smallest absolute Gasteiger partial charge is 0.225 e. The summed E-state index contributed by atoms with van der Waals surface area (Å²) in [6, 6.07) is 6.99. The molecule has 18 heavy (non-hydrogen) atoms. The number of hydrogen-bond acceptors (Lipinski definition) is 5. The van der Waals surface area contributed by atoms with Crippen molar-refractivity contribution in [2.75, 3.05) is 12.0 Å². The van der Waals surface area contributed by atoms with Crippen LogP contribution < -0.4 is 10.5 Å². The number of nitrogens with two attached hydrogens (primary N) is 1. The van der Waals surface area contributed by atoms with Crippen molar-refractivity contribution < 1.29 is 4.74 Å². The highest BCUT2D eigenvalue weighted by Crippen LogP contribution is 2.27. The summed E-state index contributed by atoms with van der Waals surface area (Å²) in [6.07, 6.45) is 1.88. The SMILES string of the molecule is CSc1nc(N)cc(Oc2ccc(Cl)cc2C)n1. The first-order chi connectivity index (χ1) is 8.58. The lowest BCUT2D eigenvalue weighted by Crippen LogP contribution is -1.97. The fraction of sp³-hybridized carbons (Fsp3) is 0.167. The zero-order chi connectivity index (χ0) is 13.1. The van der Waals surface area contributed by atoms with Crippen molar-refractivity contribution in [3.8, 4) is 11.6 Å². The Morgan fingerprint density at radius 1 is 1.28 bits per heavy atom. The minimum Gasteiger partial charge on any atom is -0.439 e. The second kappa shape index (κ2) is 5.46. The monoisotopic (exact) mass is 281 g/mol. The molecule has 0 unspecified atom stereocenters. The summed E-state index contributed by atoms with van der Waals surface area (Å²) >= 11 is 7.30. The van der Waals surface area contributed by atoms with Crippen LogP contribution in [0.1, 0.15) is 5.56 Å². The molecule has 0 atom stereocenters. The highest BCUT2D eigenvalue weighted by molar-refractivity contribution is 7.98. The maximum Gasteiger partial charge on any atom is 0.225 e. The van der Waals surface area contributed by atoms with Gasteiger partial charge in [-0.2, -0.15) is 4.98 Å². The molecule has 2 rings (SSSR count). The van der Waals surface area contributed by atoms with Gasteiger partial charge in [0.1, 0.15) is 11.6 Å². The Bertz CT molecular complexity index is 577. The Morgan fingerprint density at radius 2 is 2.06 bits per heavy atom. The standard InChI is InChI=1S/C12H12ClN3OS/c1-7-5-8(13)3-4-9(7)17-11-6-10(14)15-12(16-11)18-2/h3-6H,1-2H3,(H2,14,15,16). The zero-order valence-corrected chi connectivity index (χ0v) is 11.5. The van der Waals surface area contributed by atoms with Crippen LogP contribution >= 0.6 is 23.4 Å². The molecule has 0 aliphatic rings.